The van der Waals surface area contributed by atoms with E-state index in [1.54, 1.807) is 0 Å². The zero-order valence-corrected chi connectivity index (χ0v) is 12.1. The summed E-state index contributed by atoms with van der Waals surface area (Å²) >= 11 is 0. The first-order valence-corrected chi connectivity index (χ1v) is 7.46. The minimum atomic E-state index is -0.415. The molecule has 1 aliphatic rings. The molecular weight excluding hydrogens is 236 g/mol. The summed E-state index contributed by atoms with van der Waals surface area (Å²) < 4.78 is 0. The van der Waals surface area contributed by atoms with E-state index in [1.165, 1.54) is 32.4 Å². The molecule has 3 nitrogen and oxygen atoms in total. The van der Waals surface area contributed by atoms with Crippen molar-refractivity contribution in [1.82, 2.24) is 4.90 Å². The predicted octanol–water partition coefficient (Wildman–Crippen LogP) is 3.03. The van der Waals surface area contributed by atoms with Gasteiger partial charge in [-0.2, -0.15) is 0 Å². The normalized spacial score (nSPS) is 22.8. The highest BCUT2D eigenvalue weighted by molar-refractivity contribution is 5.52. The number of benzene rings is 1. The number of nitrogens with zero attached hydrogens (tertiary/aromatic N) is 1. The molecule has 106 valence electrons. The van der Waals surface area contributed by atoms with E-state index >= 15 is 0 Å². The second-order valence-electron chi connectivity index (χ2n) is 5.47. The van der Waals surface area contributed by atoms with Crippen LogP contribution >= 0.6 is 0 Å². The third-order valence-electron chi connectivity index (χ3n) is 4.04. The zero-order valence-electron chi connectivity index (χ0n) is 12.1. The molecule has 2 N–H and O–H groups in total. The van der Waals surface area contributed by atoms with Gasteiger partial charge in [0.2, 0.25) is 0 Å². The Morgan fingerprint density at radius 3 is 2.84 bits per heavy atom. The maximum atomic E-state index is 9.82. The molecule has 1 saturated heterocycles. The molecule has 1 heterocycles. The molecule has 0 bridgehead atoms. The highest BCUT2D eigenvalue weighted by atomic mass is 16.3. The standard InChI is InChI=1S/C16H26N2O/c1-3-18-11-6-7-14(10-12-18)17-16-9-5-4-8-15(16)13(2)19/h4-5,8-9,13-14,17,19H,3,6-7,10-12H2,1-2H3. The highest BCUT2D eigenvalue weighted by Gasteiger charge is 2.17. The molecule has 0 saturated carbocycles. The Morgan fingerprint density at radius 2 is 2.11 bits per heavy atom. The lowest BCUT2D eigenvalue weighted by Gasteiger charge is -2.21. The maximum Gasteiger partial charge on any atom is 0.0781 e. The second kappa shape index (κ2) is 6.92. The summed E-state index contributed by atoms with van der Waals surface area (Å²) in [5.41, 5.74) is 2.09. The topological polar surface area (TPSA) is 35.5 Å². The van der Waals surface area contributed by atoms with Crippen LogP contribution in [0.25, 0.3) is 0 Å². The highest BCUT2D eigenvalue weighted by Crippen LogP contribution is 2.25. The first-order chi connectivity index (χ1) is 9.20. The van der Waals surface area contributed by atoms with E-state index in [9.17, 15) is 5.11 Å². The van der Waals surface area contributed by atoms with Crippen LogP contribution in [0, 0.1) is 0 Å². The van der Waals surface area contributed by atoms with Gasteiger partial charge in [0.15, 0.2) is 0 Å². The molecule has 0 amide bonds. The van der Waals surface area contributed by atoms with Gasteiger partial charge in [0.1, 0.15) is 0 Å². The fraction of sp³-hybridized carbons (Fsp3) is 0.625. The summed E-state index contributed by atoms with van der Waals surface area (Å²) in [7, 11) is 0. The third kappa shape index (κ3) is 3.95. The van der Waals surface area contributed by atoms with Gasteiger partial charge in [-0.25, -0.2) is 0 Å². The van der Waals surface area contributed by atoms with Crippen molar-refractivity contribution in [1.29, 1.82) is 0 Å². The zero-order chi connectivity index (χ0) is 13.7. The van der Waals surface area contributed by atoms with Crippen LogP contribution in [-0.4, -0.2) is 35.7 Å². The van der Waals surface area contributed by atoms with Crippen LogP contribution < -0.4 is 5.32 Å². The van der Waals surface area contributed by atoms with Crippen molar-refractivity contribution in [2.45, 2.75) is 45.3 Å². The minimum absolute atomic E-state index is 0.415. The molecule has 0 spiro atoms. The lowest BCUT2D eigenvalue weighted by Crippen LogP contribution is -2.26. The third-order valence-corrected chi connectivity index (χ3v) is 4.04. The summed E-state index contributed by atoms with van der Waals surface area (Å²) in [6.45, 7) is 7.59. The number of aliphatic hydroxyl groups excluding tert-OH is 1. The minimum Gasteiger partial charge on any atom is -0.389 e. The maximum absolute atomic E-state index is 9.82. The van der Waals surface area contributed by atoms with Crippen LogP contribution in [0.3, 0.4) is 0 Å². The number of nitrogens with one attached hydrogen (secondary N) is 1. The van der Waals surface area contributed by atoms with Gasteiger partial charge in [-0.05, 0) is 45.3 Å². The number of hydrogen-bond acceptors (Lipinski definition) is 3. The number of hydrogen-bond donors (Lipinski definition) is 2. The Balaban J connectivity index is 2.01. The van der Waals surface area contributed by atoms with Crippen molar-refractivity contribution in [3.05, 3.63) is 29.8 Å². The van der Waals surface area contributed by atoms with Gasteiger partial charge in [-0.1, -0.05) is 25.1 Å². The molecule has 0 aromatic heterocycles. The molecule has 2 unspecified atom stereocenters. The van der Waals surface area contributed by atoms with Crippen LogP contribution in [0.15, 0.2) is 24.3 Å². The van der Waals surface area contributed by atoms with E-state index in [2.05, 4.69) is 23.2 Å². The van der Waals surface area contributed by atoms with E-state index in [1.807, 2.05) is 25.1 Å². The fourth-order valence-corrected chi connectivity index (χ4v) is 2.83. The number of rotatable bonds is 4. The van der Waals surface area contributed by atoms with Gasteiger partial charge in [0.05, 0.1) is 6.10 Å². The van der Waals surface area contributed by atoms with Gasteiger partial charge < -0.3 is 15.3 Å². The average molecular weight is 262 g/mol. The molecule has 2 rings (SSSR count). The smallest absolute Gasteiger partial charge is 0.0781 e. The molecule has 1 aromatic carbocycles. The lowest BCUT2D eigenvalue weighted by atomic mass is 10.1. The van der Waals surface area contributed by atoms with E-state index in [4.69, 9.17) is 0 Å². The molecule has 3 heteroatoms. The van der Waals surface area contributed by atoms with E-state index in [0.717, 1.165) is 17.8 Å². The Morgan fingerprint density at radius 1 is 1.32 bits per heavy atom. The van der Waals surface area contributed by atoms with Gasteiger partial charge in [0.25, 0.3) is 0 Å². The summed E-state index contributed by atoms with van der Waals surface area (Å²) in [6, 6.07) is 8.62. The summed E-state index contributed by atoms with van der Waals surface area (Å²) in [4.78, 5) is 2.52. The summed E-state index contributed by atoms with van der Waals surface area (Å²) in [5, 5.41) is 13.5. The Hall–Kier alpha value is -1.06. The van der Waals surface area contributed by atoms with Gasteiger partial charge in [-0.15, -0.1) is 0 Å². The fourth-order valence-electron chi connectivity index (χ4n) is 2.83. The molecule has 0 aliphatic carbocycles. The molecule has 2 atom stereocenters. The SMILES string of the molecule is CCN1CCCC(Nc2ccccc2C(C)O)CC1. The van der Waals surface area contributed by atoms with Crippen molar-refractivity contribution < 1.29 is 5.11 Å². The number of para-hydroxylation sites is 1. The van der Waals surface area contributed by atoms with E-state index in [-0.39, 0.29) is 0 Å². The molecule has 1 aliphatic heterocycles. The van der Waals surface area contributed by atoms with Gasteiger partial charge in [0, 0.05) is 23.8 Å². The largest absolute Gasteiger partial charge is 0.389 e. The first-order valence-electron chi connectivity index (χ1n) is 7.46. The molecule has 19 heavy (non-hydrogen) atoms. The number of anilines is 1. The van der Waals surface area contributed by atoms with Crippen LogP contribution in [0.1, 0.15) is 44.8 Å². The second-order valence-corrected chi connectivity index (χ2v) is 5.47. The van der Waals surface area contributed by atoms with Crippen LogP contribution in [0.2, 0.25) is 0 Å². The van der Waals surface area contributed by atoms with E-state index < -0.39 is 6.10 Å². The van der Waals surface area contributed by atoms with Crippen molar-refractivity contribution >= 4 is 5.69 Å². The van der Waals surface area contributed by atoms with Crippen molar-refractivity contribution in [3.63, 3.8) is 0 Å². The Bertz CT molecular complexity index is 392. The van der Waals surface area contributed by atoms with Crippen LogP contribution in [0.4, 0.5) is 5.69 Å². The van der Waals surface area contributed by atoms with Crippen molar-refractivity contribution in [3.8, 4) is 0 Å². The van der Waals surface area contributed by atoms with E-state index in [0.29, 0.717) is 6.04 Å². The number of aliphatic hydroxyl groups is 1. The van der Waals surface area contributed by atoms with Crippen molar-refractivity contribution in [2.24, 2.45) is 0 Å². The Labute approximate surface area is 116 Å². The molecular formula is C16H26N2O. The van der Waals surface area contributed by atoms with Crippen LogP contribution in [0.5, 0.6) is 0 Å². The summed E-state index contributed by atoms with van der Waals surface area (Å²) in [6.07, 6.45) is 3.23. The first kappa shape index (κ1) is 14.4. The molecule has 1 fully saturated rings. The molecule has 1 aromatic rings. The quantitative estimate of drug-likeness (QED) is 0.875. The van der Waals surface area contributed by atoms with Crippen LogP contribution in [-0.2, 0) is 0 Å². The number of likely N-dealkylation sites (tertiary alicyclic amines) is 1. The Kier molecular flexibility index (Phi) is 5.23. The average Bonchev–Trinajstić information content (AvgIpc) is 2.64. The predicted molar refractivity (Wildman–Crippen MR) is 80.5 cm³/mol. The summed E-state index contributed by atoms with van der Waals surface area (Å²) in [5.74, 6) is 0. The van der Waals surface area contributed by atoms with Gasteiger partial charge >= 0.3 is 0 Å². The lowest BCUT2D eigenvalue weighted by molar-refractivity contribution is 0.200. The molecule has 0 radical (unpaired) electrons. The monoisotopic (exact) mass is 262 g/mol. The van der Waals surface area contributed by atoms with Crippen molar-refractivity contribution in [2.75, 3.05) is 25.0 Å². The van der Waals surface area contributed by atoms with Gasteiger partial charge in [-0.3, -0.25) is 0 Å².